The molecule has 8 heteroatoms. The van der Waals surface area contributed by atoms with Gasteiger partial charge in [0.05, 0.1) is 18.4 Å². The number of ether oxygens (including phenoxy) is 1. The van der Waals surface area contributed by atoms with Crippen molar-refractivity contribution in [2.45, 2.75) is 6.92 Å². The van der Waals surface area contributed by atoms with Gasteiger partial charge >= 0.3 is 0 Å². The molecule has 3 aromatic carbocycles. The van der Waals surface area contributed by atoms with Gasteiger partial charge in [0, 0.05) is 10.6 Å². The van der Waals surface area contributed by atoms with Crippen LogP contribution in [0.1, 0.15) is 16.1 Å². The van der Waals surface area contributed by atoms with Crippen LogP contribution < -0.4 is 15.5 Å². The highest BCUT2D eigenvalue weighted by molar-refractivity contribution is 6.30. The first-order chi connectivity index (χ1) is 15.9. The average molecular weight is 464 g/mol. The second-order valence-electron chi connectivity index (χ2n) is 7.22. The fraction of sp³-hybridized carbons (Fsp3) is 0.0800. The summed E-state index contributed by atoms with van der Waals surface area (Å²) in [6.45, 7) is 1.58. The zero-order valence-electron chi connectivity index (χ0n) is 17.8. The minimum atomic E-state index is -0.456. The Labute approximate surface area is 194 Å². The third-order valence-electron chi connectivity index (χ3n) is 5.04. The molecular formula is C25H19ClFN3O3. The normalized spacial score (nSPS) is 10.7. The number of halogens is 2. The van der Waals surface area contributed by atoms with E-state index in [1.807, 2.05) is 0 Å². The molecule has 0 saturated carbocycles. The lowest BCUT2D eigenvalue weighted by molar-refractivity contribution is 0.102. The molecule has 4 rings (SSSR count). The van der Waals surface area contributed by atoms with E-state index in [-0.39, 0.29) is 22.5 Å². The number of anilines is 1. The van der Waals surface area contributed by atoms with E-state index in [1.54, 1.807) is 62.6 Å². The van der Waals surface area contributed by atoms with Gasteiger partial charge in [-0.25, -0.2) is 9.07 Å². The zero-order chi connectivity index (χ0) is 23.5. The molecule has 1 heterocycles. The summed E-state index contributed by atoms with van der Waals surface area (Å²) in [6.07, 6.45) is 0. The van der Waals surface area contributed by atoms with Crippen molar-refractivity contribution >= 4 is 23.3 Å². The topological polar surface area (TPSA) is 73.2 Å². The highest BCUT2D eigenvalue weighted by Crippen LogP contribution is 2.29. The van der Waals surface area contributed by atoms with E-state index < -0.39 is 11.7 Å². The molecule has 0 aliphatic carbocycles. The molecule has 4 aromatic rings. The molecular weight excluding hydrogens is 445 g/mol. The molecule has 1 aromatic heterocycles. The summed E-state index contributed by atoms with van der Waals surface area (Å²) < 4.78 is 20.2. The highest BCUT2D eigenvalue weighted by Gasteiger charge is 2.21. The molecule has 0 saturated heterocycles. The van der Waals surface area contributed by atoms with E-state index in [4.69, 9.17) is 16.3 Å². The van der Waals surface area contributed by atoms with Crippen molar-refractivity contribution in [3.05, 3.63) is 105 Å². The number of nitrogens with zero attached hydrogens (tertiary/aromatic N) is 2. The van der Waals surface area contributed by atoms with Crippen molar-refractivity contribution in [2.75, 3.05) is 12.4 Å². The van der Waals surface area contributed by atoms with Crippen molar-refractivity contribution in [3.63, 3.8) is 0 Å². The van der Waals surface area contributed by atoms with Crippen LogP contribution in [0.2, 0.25) is 5.02 Å². The van der Waals surface area contributed by atoms with Crippen LogP contribution in [0.5, 0.6) is 5.75 Å². The molecule has 0 unspecified atom stereocenters. The standard InChI is InChI=1S/C25H19ClFN3O3/c1-15-23(31)22(16-5-13-21(33-2)14-6-16)24(28-25(32)17-3-7-18(26)8-4-17)30(29-15)20-11-9-19(27)10-12-20/h3-14H,1-2H3,(H,28,32). The Kier molecular flexibility index (Phi) is 6.24. The third-order valence-corrected chi connectivity index (χ3v) is 5.29. The van der Waals surface area contributed by atoms with Crippen LogP contribution in [0, 0.1) is 12.7 Å². The summed E-state index contributed by atoms with van der Waals surface area (Å²) in [5, 5.41) is 7.68. The van der Waals surface area contributed by atoms with E-state index in [2.05, 4.69) is 10.4 Å². The number of aryl methyl sites for hydroxylation is 1. The molecule has 1 amide bonds. The zero-order valence-corrected chi connectivity index (χ0v) is 18.6. The van der Waals surface area contributed by atoms with Gasteiger partial charge in [-0.2, -0.15) is 5.10 Å². The van der Waals surface area contributed by atoms with Crippen molar-refractivity contribution in [3.8, 4) is 22.6 Å². The molecule has 33 heavy (non-hydrogen) atoms. The molecule has 0 atom stereocenters. The summed E-state index contributed by atoms with van der Waals surface area (Å²) in [6, 6.07) is 18.8. The van der Waals surface area contributed by atoms with Gasteiger partial charge < -0.3 is 10.1 Å². The maximum absolute atomic E-state index is 13.6. The average Bonchev–Trinajstić information content (AvgIpc) is 2.82. The SMILES string of the molecule is COc1ccc(-c2c(NC(=O)c3ccc(Cl)cc3)n(-c3ccc(F)cc3)nc(C)c2=O)cc1. The van der Waals surface area contributed by atoms with Crippen LogP contribution in [0.15, 0.2) is 77.6 Å². The van der Waals surface area contributed by atoms with Crippen LogP contribution in [0.3, 0.4) is 0 Å². The van der Waals surface area contributed by atoms with E-state index in [9.17, 15) is 14.0 Å². The number of benzene rings is 3. The Morgan fingerprint density at radius 3 is 2.24 bits per heavy atom. The van der Waals surface area contributed by atoms with E-state index >= 15 is 0 Å². The molecule has 6 nitrogen and oxygen atoms in total. The van der Waals surface area contributed by atoms with Gasteiger partial charge in [0.2, 0.25) is 5.43 Å². The Morgan fingerprint density at radius 2 is 1.64 bits per heavy atom. The lowest BCUT2D eigenvalue weighted by Crippen LogP contribution is -2.25. The quantitative estimate of drug-likeness (QED) is 0.438. The summed E-state index contributed by atoms with van der Waals surface area (Å²) in [4.78, 5) is 26.3. The predicted octanol–water partition coefficient (Wildman–Crippen LogP) is 5.26. The maximum Gasteiger partial charge on any atom is 0.256 e. The van der Waals surface area contributed by atoms with E-state index in [1.165, 1.54) is 28.9 Å². The maximum atomic E-state index is 13.6. The van der Waals surface area contributed by atoms with Crippen LogP contribution in [-0.4, -0.2) is 22.8 Å². The smallest absolute Gasteiger partial charge is 0.256 e. The Morgan fingerprint density at radius 1 is 1.00 bits per heavy atom. The lowest BCUT2D eigenvalue weighted by Gasteiger charge is -2.18. The fourth-order valence-corrected chi connectivity index (χ4v) is 3.46. The first kappa shape index (κ1) is 22.2. The molecule has 0 aliphatic rings. The minimum absolute atomic E-state index is 0.155. The van der Waals surface area contributed by atoms with Gasteiger partial charge in [0.1, 0.15) is 23.1 Å². The van der Waals surface area contributed by atoms with Gasteiger partial charge in [-0.3, -0.25) is 9.59 Å². The number of hydrogen-bond donors (Lipinski definition) is 1. The van der Waals surface area contributed by atoms with Gasteiger partial charge in [-0.15, -0.1) is 0 Å². The van der Waals surface area contributed by atoms with Crippen LogP contribution in [-0.2, 0) is 0 Å². The second kappa shape index (κ2) is 9.26. The summed E-state index contributed by atoms with van der Waals surface area (Å²) in [5.41, 5.74) is 1.50. The van der Waals surface area contributed by atoms with Crippen molar-refractivity contribution < 1.29 is 13.9 Å². The van der Waals surface area contributed by atoms with Crippen LogP contribution in [0.25, 0.3) is 16.8 Å². The number of aromatic nitrogens is 2. The van der Waals surface area contributed by atoms with Gasteiger partial charge in [-0.1, -0.05) is 23.7 Å². The number of carbonyl (C=O) groups excluding carboxylic acids is 1. The van der Waals surface area contributed by atoms with Crippen molar-refractivity contribution in [2.24, 2.45) is 0 Å². The molecule has 0 spiro atoms. The predicted molar refractivity (Wildman–Crippen MR) is 126 cm³/mol. The molecule has 166 valence electrons. The Hall–Kier alpha value is -3.97. The van der Waals surface area contributed by atoms with Crippen molar-refractivity contribution in [1.29, 1.82) is 0 Å². The van der Waals surface area contributed by atoms with Gasteiger partial charge in [0.25, 0.3) is 5.91 Å². The number of carbonyl (C=O) groups is 1. The number of nitrogens with one attached hydrogen (secondary N) is 1. The van der Waals surface area contributed by atoms with Gasteiger partial charge in [0.15, 0.2) is 0 Å². The summed E-state index contributed by atoms with van der Waals surface area (Å²) in [7, 11) is 1.55. The summed E-state index contributed by atoms with van der Waals surface area (Å²) in [5.74, 6) is -0.0987. The molecule has 0 aliphatic heterocycles. The number of methoxy groups -OCH3 is 1. The molecule has 0 radical (unpaired) electrons. The number of amides is 1. The van der Waals surface area contributed by atoms with E-state index in [0.29, 0.717) is 27.6 Å². The molecule has 1 N–H and O–H groups in total. The lowest BCUT2D eigenvalue weighted by atomic mass is 10.0. The largest absolute Gasteiger partial charge is 0.497 e. The van der Waals surface area contributed by atoms with Crippen LogP contribution >= 0.6 is 11.6 Å². The Bertz CT molecular complexity index is 1370. The monoisotopic (exact) mass is 463 g/mol. The van der Waals surface area contributed by atoms with Crippen molar-refractivity contribution in [1.82, 2.24) is 9.78 Å². The van der Waals surface area contributed by atoms with E-state index in [0.717, 1.165) is 0 Å². The molecule has 0 fully saturated rings. The number of hydrogen-bond acceptors (Lipinski definition) is 4. The number of rotatable bonds is 5. The van der Waals surface area contributed by atoms with Gasteiger partial charge in [-0.05, 0) is 73.2 Å². The second-order valence-corrected chi connectivity index (χ2v) is 7.65. The summed E-state index contributed by atoms with van der Waals surface area (Å²) >= 11 is 5.93. The van der Waals surface area contributed by atoms with Crippen LogP contribution in [0.4, 0.5) is 10.2 Å². The third kappa shape index (κ3) is 4.63. The minimum Gasteiger partial charge on any atom is -0.497 e. The highest BCUT2D eigenvalue weighted by atomic mass is 35.5. The Balaban J connectivity index is 1.93. The first-order valence-electron chi connectivity index (χ1n) is 9.98. The first-order valence-corrected chi connectivity index (χ1v) is 10.4. The fourth-order valence-electron chi connectivity index (χ4n) is 3.33. The molecule has 0 bridgehead atoms.